The van der Waals surface area contributed by atoms with Gasteiger partial charge in [0.25, 0.3) is 5.91 Å². The van der Waals surface area contributed by atoms with Gasteiger partial charge in [-0.25, -0.2) is 0 Å². The van der Waals surface area contributed by atoms with E-state index in [0.717, 1.165) is 5.56 Å². The van der Waals surface area contributed by atoms with Crippen molar-refractivity contribution < 1.29 is 9.59 Å². The van der Waals surface area contributed by atoms with Gasteiger partial charge in [-0.2, -0.15) is 5.26 Å². The van der Waals surface area contributed by atoms with Gasteiger partial charge >= 0.3 is 0 Å². The molecule has 0 radical (unpaired) electrons. The summed E-state index contributed by atoms with van der Waals surface area (Å²) in [6, 6.07) is 7.15. The fourth-order valence-electron chi connectivity index (χ4n) is 2.06. The Hall–Kier alpha value is -2.15. The van der Waals surface area contributed by atoms with Crippen LogP contribution in [0, 0.1) is 18.3 Å². The maximum atomic E-state index is 12.2. The summed E-state index contributed by atoms with van der Waals surface area (Å²) in [5, 5.41) is 8.84. The number of ketones is 1. The molecular weight excluding hydrogens is 228 g/mol. The molecule has 0 bridgehead atoms. The normalized spacial score (nSPS) is 15.3. The first kappa shape index (κ1) is 12.3. The Bertz CT molecular complexity index is 533. The van der Waals surface area contributed by atoms with E-state index in [1.54, 1.807) is 23.1 Å². The fourth-order valence-corrected chi connectivity index (χ4v) is 2.06. The molecule has 0 saturated carbocycles. The maximum absolute atomic E-state index is 12.2. The van der Waals surface area contributed by atoms with E-state index < -0.39 is 0 Å². The highest BCUT2D eigenvalue weighted by atomic mass is 16.2. The van der Waals surface area contributed by atoms with Crippen LogP contribution in [0.2, 0.25) is 0 Å². The average Bonchev–Trinajstić information content (AvgIpc) is 2.38. The third-order valence-electron chi connectivity index (χ3n) is 3.20. The molecule has 0 unspecified atom stereocenters. The van der Waals surface area contributed by atoms with Crippen LogP contribution in [0.4, 0.5) is 0 Å². The van der Waals surface area contributed by atoms with Gasteiger partial charge in [0, 0.05) is 31.5 Å². The summed E-state index contributed by atoms with van der Waals surface area (Å²) in [5.74, 6) is 0.158. The summed E-state index contributed by atoms with van der Waals surface area (Å²) in [6.45, 7) is 2.81. The molecule has 4 heteroatoms. The summed E-state index contributed by atoms with van der Waals surface area (Å²) in [6.07, 6.45) is 0.891. The molecule has 1 aliphatic rings. The predicted octanol–water partition coefficient (Wildman–Crippen LogP) is 1.67. The number of nitrogens with zero attached hydrogens (tertiary/aromatic N) is 2. The van der Waals surface area contributed by atoms with Crippen LogP contribution in [0.15, 0.2) is 18.2 Å². The van der Waals surface area contributed by atoms with E-state index in [2.05, 4.69) is 6.07 Å². The molecule has 1 aromatic rings. The number of hydrogen-bond acceptors (Lipinski definition) is 3. The number of likely N-dealkylation sites (tertiary alicyclic amines) is 1. The largest absolute Gasteiger partial charge is 0.338 e. The van der Waals surface area contributed by atoms with Crippen LogP contribution in [0.3, 0.4) is 0 Å². The molecule has 0 aromatic heterocycles. The van der Waals surface area contributed by atoms with E-state index in [4.69, 9.17) is 5.26 Å². The first-order valence-corrected chi connectivity index (χ1v) is 5.93. The Morgan fingerprint density at radius 1 is 1.33 bits per heavy atom. The maximum Gasteiger partial charge on any atom is 0.253 e. The lowest BCUT2D eigenvalue weighted by molar-refractivity contribution is -0.120. The van der Waals surface area contributed by atoms with Crippen molar-refractivity contribution in [2.24, 2.45) is 0 Å². The Morgan fingerprint density at radius 2 is 2.00 bits per heavy atom. The van der Waals surface area contributed by atoms with Gasteiger partial charge in [-0.3, -0.25) is 9.59 Å². The number of aryl methyl sites for hydroxylation is 1. The summed E-state index contributed by atoms with van der Waals surface area (Å²) < 4.78 is 0. The minimum Gasteiger partial charge on any atom is -0.338 e. The van der Waals surface area contributed by atoms with Gasteiger partial charge in [-0.15, -0.1) is 0 Å². The van der Waals surface area contributed by atoms with Crippen molar-refractivity contribution in [3.05, 3.63) is 34.9 Å². The highest BCUT2D eigenvalue weighted by molar-refractivity contribution is 5.95. The predicted molar refractivity (Wildman–Crippen MR) is 66.0 cm³/mol. The summed E-state index contributed by atoms with van der Waals surface area (Å²) >= 11 is 0. The Kier molecular flexibility index (Phi) is 3.42. The van der Waals surface area contributed by atoms with Crippen molar-refractivity contribution in [3.63, 3.8) is 0 Å². The monoisotopic (exact) mass is 242 g/mol. The standard InChI is InChI=1S/C14H14N2O2/c1-10-8-11(2-3-12(10)9-15)14(18)16-6-4-13(17)5-7-16/h2-3,8H,4-7H2,1H3. The van der Waals surface area contributed by atoms with Crippen LogP contribution in [0.25, 0.3) is 0 Å². The molecule has 1 amide bonds. The van der Waals surface area contributed by atoms with Crippen molar-refractivity contribution >= 4 is 11.7 Å². The van der Waals surface area contributed by atoms with Gasteiger partial charge in [-0.1, -0.05) is 0 Å². The molecule has 0 atom stereocenters. The topological polar surface area (TPSA) is 61.2 Å². The molecule has 18 heavy (non-hydrogen) atoms. The average molecular weight is 242 g/mol. The zero-order chi connectivity index (χ0) is 13.1. The van der Waals surface area contributed by atoms with E-state index in [9.17, 15) is 9.59 Å². The molecule has 92 valence electrons. The van der Waals surface area contributed by atoms with E-state index in [0.29, 0.717) is 37.1 Å². The number of carbonyl (C=O) groups excluding carboxylic acids is 2. The van der Waals surface area contributed by atoms with Crippen LogP contribution >= 0.6 is 0 Å². The summed E-state index contributed by atoms with van der Waals surface area (Å²) in [4.78, 5) is 25.0. The van der Waals surface area contributed by atoms with Crippen molar-refractivity contribution in [2.45, 2.75) is 19.8 Å². The van der Waals surface area contributed by atoms with E-state index >= 15 is 0 Å². The van der Waals surface area contributed by atoms with Gasteiger partial charge < -0.3 is 4.90 Å². The van der Waals surface area contributed by atoms with Crippen LogP contribution in [0.1, 0.15) is 34.3 Å². The number of rotatable bonds is 1. The Balaban J connectivity index is 2.17. The number of benzene rings is 1. The minimum absolute atomic E-state index is 0.0601. The van der Waals surface area contributed by atoms with Gasteiger partial charge in [0.2, 0.25) is 0 Å². The van der Waals surface area contributed by atoms with Crippen molar-refractivity contribution in [3.8, 4) is 6.07 Å². The van der Waals surface area contributed by atoms with Gasteiger partial charge in [-0.05, 0) is 30.7 Å². The molecule has 0 spiro atoms. The number of piperidine rings is 1. The van der Waals surface area contributed by atoms with E-state index in [1.165, 1.54) is 0 Å². The first-order valence-electron chi connectivity index (χ1n) is 5.93. The van der Waals surface area contributed by atoms with E-state index in [-0.39, 0.29) is 11.7 Å². The lowest BCUT2D eigenvalue weighted by atomic mass is 10.0. The van der Waals surface area contributed by atoms with Gasteiger partial charge in [0.1, 0.15) is 5.78 Å². The molecular formula is C14H14N2O2. The molecule has 1 aliphatic heterocycles. The molecule has 1 heterocycles. The van der Waals surface area contributed by atoms with Crippen LogP contribution < -0.4 is 0 Å². The number of nitriles is 1. The van der Waals surface area contributed by atoms with Crippen molar-refractivity contribution in [2.75, 3.05) is 13.1 Å². The molecule has 4 nitrogen and oxygen atoms in total. The van der Waals surface area contributed by atoms with Gasteiger partial charge in [0.15, 0.2) is 0 Å². The highest BCUT2D eigenvalue weighted by Crippen LogP contribution is 2.15. The Morgan fingerprint density at radius 3 is 2.56 bits per heavy atom. The second-order valence-corrected chi connectivity index (χ2v) is 4.47. The van der Waals surface area contributed by atoms with Crippen molar-refractivity contribution in [1.29, 1.82) is 5.26 Å². The second kappa shape index (κ2) is 5.01. The fraction of sp³-hybridized carbons (Fsp3) is 0.357. The highest BCUT2D eigenvalue weighted by Gasteiger charge is 2.21. The van der Waals surface area contributed by atoms with Crippen LogP contribution in [-0.4, -0.2) is 29.7 Å². The zero-order valence-electron chi connectivity index (χ0n) is 10.3. The number of amides is 1. The Labute approximate surface area is 106 Å². The molecule has 0 N–H and O–H groups in total. The quantitative estimate of drug-likeness (QED) is 0.752. The van der Waals surface area contributed by atoms with E-state index in [1.807, 2.05) is 6.92 Å². The van der Waals surface area contributed by atoms with Gasteiger partial charge in [0.05, 0.1) is 11.6 Å². The molecule has 1 fully saturated rings. The molecule has 2 rings (SSSR count). The number of hydrogen-bond donors (Lipinski definition) is 0. The van der Waals surface area contributed by atoms with Crippen molar-refractivity contribution in [1.82, 2.24) is 4.90 Å². The molecule has 1 aromatic carbocycles. The lowest BCUT2D eigenvalue weighted by Crippen LogP contribution is -2.38. The third-order valence-corrected chi connectivity index (χ3v) is 3.20. The third kappa shape index (κ3) is 2.40. The summed E-state index contributed by atoms with van der Waals surface area (Å²) in [7, 11) is 0. The second-order valence-electron chi connectivity index (χ2n) is 4.47. The number of Topliss-reactive ketones (excluding diaryl/α,β-unsaturated/α-hetero) is 1. The van der Waals surface area contributed by atoms with Crippen LogP contribution in [-0.2, 0) is 4.79 Å². The molecule has 0 aliphatic carbocycles. The first-order chi connectivity index (χ1) is 8.61. The smallest absolute Gasteiger partial charge is 0.253 e. The SMILES string of the molecule is Cc1cc(C(=O)N2CCC(=O)CC2)ccc1C#N. The molecule has 1 saturated heterocycles. The van der Waals surface area contributed by atoms with Crippen LogP contribution in [0.5, 0.6) is 0 Å². The minimum atomic E-state index is -0.0601. The lowest BCUT2D eigenvalue weighted by Gasteiger charge is -2.26. The summed E-state index contributed by atoms with van der Waals surface area (Å²) in [5.41, 5.74) is 1.97. The zero-order valence-corrected chi connectivity index (χ0v) is 10.3. The number of carbonyl (C=O) groups is 2.